The fourth-order valence-electron chi connectivity index (χ4n) is 2.56. The average Bonchev–Trinajstić information content (AvgIpc) is 2.55. The first-order valence-electron chi connectivity index (χ1n) is 7.76. The number of methoxy groups -OCH3 is 1. The molecule has 2 aromatic carbocycles. The number of benzene rings is 2. The van der Waals surface area contributed by atoms with Crippen molar-refractivity contribution in [3.63, 3.8) is 0 Å². The lowest BCUT2D eigenvalue weighted by atomic mass is 10.0. The molecule has 0 atom stereocenters. The molecule has 3 nitrogen and oxygen atoms in total. The number of ether oxygens (including phenoxy) is 1. The number of halogens is 1. The Hall–Kier alpha value is -2.00. The highest BCUT2D eigenvalue weighted by molar-refractivity contribution is 6.32. The third-order valence-corrected chi connectivity index (χ3v) is 4.32. The molecule has 1 N–H and O–H groups in total. The van der Waals surface area contributed by atoms with Gasteiger partial charge in [0.25, 0.3) is 0 Å². The maximum atomic E-state index is 12.3. The quantitative estimate of drug-likeness (QED) is 0.826. The lowest BCUT2D eigenvalue weighted by Crippen LogP contribution is -2.14. The van der Waals surface area contributed by atoms with Crippen molar-refractivity contribution in [2.75, 3.05) is 12.4 Å². The van der Waals surface area contributed by atoms with E-state index < -0.39 is 0 Å². The SMILES string of the molecule is CCc1cccc(C)c1NC(=O)CCc1cccc(OC)c1Cl. The number of nitrogens with one attached hydrogen (secondary N) is 1. The van der Waals surface area contributed by atoms with Gasteiger partial charge in [-0.3, -0.25) is 4.79 Å². The normalized spacial score (nSPS) is 10.4. The van der Waals surface area contributed by atoms with Gasteiger partial charge in [0.15, 0.2) is 0 Å². The van der Waals surface area contributed by atoms with E-state index in [0.717, 1.165) is 28.8 Å². The molecular weight excluding hydrogens is 310 g/mol. The molecule has 2 aromatic rings. The molecule has 2 rings (SSSR count). The molecule has 0 fully saturated rings. The summed E-state index contributed by atoms with van der Waals surface area (Å²) in [7, 11) is 1.59. The van der Waals surface area contributed by atoms with E-state index in [-0.39, 0.29) is 5.91 Å². The van der Waals surface area contributed by atoms with E-state index in [0.29, 0.717) is 23.6 Å². The number of hydrogen-bond donors (Lipinski definition) is 1. The molecule has 122 valence electrons. The molecule has 0 saturated heterocycles. The van der Waals surface area contributed by atoms with Crippen LogP contribution >= 0.6 is 11.6 Å². The molecule has 0 aromatic heterocycles. The third kappa shape index (κ3) is 4.26. The summed E-state index contributed by atoms with van der Waals surface area (Å²) >= 11 is 6.27. The molecule has 0 heterocycles. The van der Waals surface area contributed by atoms with E-state index in [2.05, 4.69) is 12.2 Å². The minimum absolute atomic E-state index is 0.00659. The second-order valence-corrected chi connectivity index (χ2v) is 5.82. The summed E-state index contributed by atoms with van der Waals surface area (Å²) in [6, 6.07) is 11.7. The van der Waals surface area contributed by atoms with Crippen LogP contribution in [0.25, 0.3) is 0 Å². The van der Waals surface area contributed by atoms with Crippen LogP contribution in [0.15, 0.2) is 36.4 Å². The van der Waals surface area contributed by atoms with Gasteiger partial charge in [0.05, 0.1) is 12.1 Å². The van der Waals surface area contributed by atoms with Gasteiger partial charge >= 0.3 is 0 Å². The van der Waals surface area contributed by atoms with Crippen LogP contribution in [-0.2, 0) is 17.6 Å². The van der Waals surface area contributed by atoms with Crippen LogP contribution in [0.5, 0.6) is 5.75 Å². The lowest BCUT2D eigenvalue weighted by molar-refractivity contribution is -0.116. The Labute approximate surface area is 142 Å². The first-order valence-corrected chi connectivity index (χ1v) is 8.14. The summed E-state index contributed by atoms with van der Waals surface area (Å²) in [5.41, 5.74) is 4.08. The van der Waals surface area contributed by atoms with Crippen molar-refractivity contribution in [2.45, 2.75) is 33.1 Å². The third-order valence-electron chi connectivity index (χ3n) is 3.89. The summed E-state index contributed by atoms with van der Waals surface area (Å²) in [6.07, 6.45) is 1.85. The fourth-order valence-corrected chi connectivity index (χ4v) is 2.86. The van der Waals surface area contributed by atoms with Crippen molar-refractivity contribution in [3.8, 4) is 5.75 Å². The number of carbonyl (C=O) groups is 1. The first kappa shape index (κ1) is 17.4. The zero-order valence-electron chi connectivity index (χ0n) is 13.8. The Morgan fingerprint density at radius 2 is 1.87 bits per heavy atom. The fraction of sp³-hybridized carbons (Fsp3) is 0.316. The monoisotopic (exact) mass is 331 g/mol. The van der Waals surface area contributed by atoms with Gasteiger partial charge in [-0.25, -0.2) is 0 Å². The summed E-state index contributed by atoms with van der Waals surface area (Å²) in [5.74, 6) is 0.629. The van der Waals surface area contributed by atoms with Crippen molar-refractivity contribution in [2.24, 2.45) is 0 Å². The lowest BCUT2D eigenvalue weighted by Gasteiger charge is -2.13. The minimum atomic E-state index is -0.00659. The second kappa shape index (κ2) is 8.02. The van der Waals surface area contributed by atoms with Gasteiger partial charge in [-0.15, -0.1) is 0 Å². The summed E-state index contributed by atoms with van der Waals surface area (Å²) < 4.78 is 5.20. The highest BCUT2D eigenvalue weighted by Crippen LogP contribution is 2.28. The Balaban J connectivity index is 2.04. The maximum absolute atomic E-state index is 12.3. The zero-order chi connectivity index (χ0) is 16.8. The highest BCUT2D eigenvalue weighted by Gasteiger charge is 2.11. The van der Waals surface area contributed by atoms with Crippen LogP contribution in [0, 0.1) is 6.92 Å². The molecule has 0 unspecified atom stereocenters. The number of anilines is 1. The average molecular weight is 332 g/mol. The first-order chi connectivity index (χ1) is 11.1. The van der Waals surface area contributed by atoms with E-state index in [9.17, 15) is 4.79 Å². The number of carbonyl (C=O) groups excluding carboxylic acids is 1. The Kier molecular flexibility index (Phi) is 6.05. The van der Waals surface area contributed by atoms with Gasteiger partial charge in [-0.1, -0.05) is 48.9 Å². The van der Waals surface area contributed by atoms with Gasteiger partial charge in [-0.05, 0) is 42.5 Å². The van der Waals surface area contributed by atoms with Crippen LogP contribution in [0.3, 0.4) is 0 Å². The largest absolute Gasteiger partial charge is 0.495 e. The minimum Gasteiger partial charge on any atom is -0.495 e. The van der Waals surface area contributed by atoms with Crippen molar-refractivity contribution in [1.82, 2.24) is 0 Å². The predicted molar refractivity (Wildman–Crippen MR) is 95.5 cm³/mol. The van der Waals surface area contributed by atoms with Gasteiger partial charge in [0.1, 0.15) is 5.75 Å². The van der Waals surface area contributed by atoms with E-state index in [1.54, 1.807) is 7.11 Å². The predicted octanol–water partition coefficient (Wildman–Crippen LogP) is 4.79. The number of aryl methyl sites for hydroxylation is 3. The van der Waals surface area contributed by atoms with Crippen molar-refractivity contribution in [3.05, 3.63) is 58.1 Å². The summed E-state index contributed by atoms with van der Waals surface area (Å²) in [5, 5.41) is 3.61. The number of hydrogen-bond acceptors (Lipinski definition) is 2. The smallest absolute Gasteiger partial charge is 0.224 e. The highest BCUT2D eigenvalue weighted by atomic mass is 35.5. The summed E-state index contributed by atoms with van der Waals surface area (Å²) in [6.45, 7) is 4.09. The molecule has 23 heavy (non-hydrogen) atoms. The molecule has 1 amide bonds. The molecule has 0 saturated carbocycles. The van der Waals surface area contributed by atoms with Crippen LogP contribution < -0.4 is 10.1 Å². The Bertz CT molecular complexity index is 698. The topological polar surface area (TPSA) is 38.3 Å². The van der Waals surface area contributed by atoms with E-state index in [1.807, 2.05) is 43.3 Å². The van der Waals surface area contributed by atoms with Gasteiger partial charge < -0.3 is 10.1 Å². The van der Waals surface area contributed by atoms with Gasteiger partial charge in [0.2, 0.25) is 5.91 Å². The molecule has 0 radical (unpaired) electrons. The van der Waals surface area contributed by atoms with Crippen molar-refractivity contribution < 1.29 is 9.53 Å². The van der Waals surface area contributed by atoms with Gasteiger partial charge in [-0.2, -0.15) is 0 Å². The molecular formula is C19H22ClNO2. The molecule has 0 aliphatic rings. The summed E-state index contributed by atoms with van der Waals surface area (Å²) in [4.78, 5) is 12.3. The van der Waals surface area contributed by atoms with Crippen molar-refractivity contribution in [1.29, 1.82) is 0 Å². The van der Waals surface area contributed by atoms with Crippen LogP contribution in [0.4, 0.5) is 5.69 Å². The Morgan fingerprint density at radius 1 is 1.17 bits per heavy atom. The number of rotatable bonds is 6. The van der Waals surface area contributed by atoms with E-state index >= 15 is 0 Å². The molecule has 0 aliphatic carbocycles. The van der Waals surface area contributed by atoms with Crippen molar-refractivity contribution >= 4 is 23.2 Å². The van der Waals surface area contributed by atoms with Crippen LogP contribution in [0.2, 0.25) is 5.02 Å². The van der Waals surface area contributed by atoms with Crippen LogP contribution in [0.1, 0.15) is 30.0 Å². The zero-order valence-corrected chi connectivity index (χ0v) is 14.5. The maximum Gasteiger partial charge on any atom is 0.224 e. The van der Waals surface area contributed by atoms with E-state index in [4.69, 9.17) is 16.3 Å². The molecule has 0 spiro atoms. The van der Waals surface area contributed by atoms with E-state index in [1.165, 1.54) is 0 Å². The number of amides is 1. The standard InChI is InChI=1S/C19H22ClNO2/c1-4-14-8-5-7-13(2)19(14)21-17(22)12-11-15-9-6-10-16(23-3)18(15)20/h5-10H,4,11-12H2,1-3H3,(H,21,22). The second-order valence-electron chi connectivity index (χ2n) is 5.44. The number of para-hydroxylation sites is 1. The molecule has 4 heteroatoms. The molecule has 0 aliphatic heterocycles. The molecule has 0 bridgehead atoms. The van der Waals surface area contributed by atoms with Gasteiger partial charge in [0, 0.05) is 12.1 Å². The Morgan fingerprint density at radius 3 is 2.57 bits per heavy atom. The van der Waals surface area contributed by atoms with Crippen LogP contribution in [-0.4, -0.2) is 13.0 Å².